The lowest BCUT2D eigenvalue weighted by Gasteiger charge is -2.26. The number of imidazole rings is 1. The molecule has 110 valence electrons. The van der Waals surface area contributed by atoms with Crippen LogP contribution in [-0.2, 0) is 4.74 Å². The van der Waals surface area contributed by atoms with Gasteiger partial charge in [0.05, 0.1) is 34.6 Å². The SMILES string of the molecule is CC(O)c1nc2cnc3ccsc3c2n1[C@H]1CCCOC1. The normalized spacial score (nSPS) is 21.1. The predicted octanol–water partition coefficient (Wildman–Crippen LogP) is 3.05. The molecule has 5 nitrogen and oxygen atoms in total. The molecule has 2 atom stereocenters. The van der Waals surface area contributed by atoms with E-state index in [1.54, 1.807) is 24.5 Å². The van der Waals surface area contributed by atoms with Gasteiger partial charge in [-0.05, 0) is 31.2 Å². The fraction of sp³-hybridized carbons (Fsp3) is 0.467. The van der Waals surface area contributed by atoms with E-state index in [4.69, 9.17) is 4.74 Å². The van der Waals surface area contributed by atoms with Gasteiger partial charge in [0.15, 0.2) is 0 Å². The van der Waals surface area contributed by atoms with Gasteiger partial charge in [-0.25, -0.2) is 4.98 Å². The second-order valence-electron chi connectivity index (χ2n) is 5.51. The van der Waals surface area contributed by atoms with Crippen molar-refractivity contribution in [3.63, 3.8) is 0 Å². The Bertz CT molecular complexity index is 787. The summed E-state index contributed by atoms with van der Waals surface area (Å²) in [5.74, 6) is 0.711. The number of hydrogen-bond acceptors (Lipinski definition) is 5. The van der Waals surface area contributed by atoms with Crippen LogP contribution in [0.5, 0.6) is 0 Å². The number of rotatable bonds is 2. The second-order valence-corrected chi connectivity index (χ2v) is 6.43. The summed E-state index contributed by atoms with van der Waals surface area (Å²) in [7, 11) is 0. The van der Waals surface area contributed by atoms with E-state index in [0.717, 1.165) is 40.7 Å². The van der Waals surface area contributed by atoms with Crippen LogP contribution in [0.4, 0.5) is 0 Å². The molecule has 0 bridgehead atoms. The van der Waals surface area contributed by atoms with Crippen LogP contribution in [-0.4, -0.2) is 32.9 Å². The van der Waals surface area contributed by atoms with Crippen LogP contribution in [0.1, 0.15) is 37.7 Å². The lowest BCUT2D eigenvalue weighted by molar-refractivity contribution is 0.0565. The molecule has 4 rings (SSSR count). The predicted molar refractivity (Wildman–Crippen MR) is 82.6 cm³/mol. The minimum Gasteiger partial charge on any atom is -0.385 e. The fourth-order valence-electron chi connectivity index (χ4n) is 3.09. The van der Waals surface area contributed by atoms with Gasteiger partial charge in [-0.3, -0.25) is 4.98 Å². The largest absolute Gasteiger partial charge is 0.385 e. The van der Waals surface area contributed by atoms with Crippen molar-refractivity contribution in [3.8, 4) is 0 Å². The van der Waals surface area contributed by atoms with Crippen molar-refractivity contribution in [2.24, 2.45) is 0 Å². The summed E-state index contributed by atoms with van der Waals surface area (Å²) >= 11 is 1.67. The van der Waals surface area contributed by atoms with E-state index in [9.17, 15) is 5.11 Å². The molecule has 3 aromatic heterocycles. The summed E-state index contributed by atoms with van der Waals surface area (Å²) < 4.78 is 8.96. The van der Waals surface area contributed by atoms with Gasteiger partial charge in [0, 0.05) is 6.61 Å². The van der Waals surface area contributed by atoms with Crippen molar-refractivity contribution in [2.75, 3.05) is 13.2 Å². The Balaban J connectivity index is 2.03. The van der Waals surface area contributed by atoms with Crippen LogP contribution in [0.15, 0.2) is 17.6 Å². The summed E-state index contributed by atoms with van der Waals surface area (Å²) in [5, 5.41) is 12.2. The topological polar surface area (TPSA) is 60.2 Å². The molecule has 3 aromatic rings. The van der Waals surface area contributed by atoms with Crippen molar-refractivity contribution in [3.05, 3.63) is 23.5 Å². The summed E-state index contributed by atoms with van der Waals surface area (Å²) in [5.41, 5.74) is 2.93. The molecule has 6 heteroatoms. The van der Waals surface area contributed by atoms with E-state index in [2.05, 4.69) is 14.5 Å². The fourth-order valence-corrected chi connectivity index (χ4v) is 3.98. The van der Waals surface area contributed by atoms with Gasteiger partial charge >= 0.3 is 0 Å². The maximum atomic E-state index is 10.1. The summed E-state index contributed by atoms with van der Waals surface area (Å²) in [6, 6.07) is 2.26. The number of hydrogen-bond donors (Lipinski definition) is 1. The van der Waals surface area contributed by atoms with E-state index in [-0.39, 0.29) is 6.04 Å². The molecular formula is C15H17N3O2S. The molecule has 0 aliphatic carbocycles. The first-order chi connectivity index (χ1) is 10.3. The molecule has 0 spiro atoms. The maximum Gasteiger partial charge on any atom is 0.139 e. The smallest absolute Gasteiger partial charge is 0.139 e. The molecule has 1 saturated heterocycles. The third-order valence-corrected chi connectivity index (χ3v) is 4.94. The van der Waals surface area contributed by atoms with Gasteiger partial charge in [-0.15, -0.1) is 11.3 Å². The zero-order valence-electron chi connectivity index (χ0n) is 11.8. The van der Waals surface area contributed by atoms with Gasteiger partial charge in [0.1, 0.15) is 17.4 Å². The lowest BCUT2D eigenvalue weighted by Crippen LogP contribution is -2.23. The van der Waals surface area contributed by atoms with E-state index in [0.29, 0.717) is 12.4 Å². The Kier molecular flexibility index (Phi) is 3.17. The Morgan fingerprint density at radius 1 is 1.48 bits per heavy atom. The summed E-state index contributed by atoms with van der Waals surface area (Å²) in [4.78, 5) is 9.07. The van der Waals surface area contributed by atoms with Gasteiger partial charge < -0.3 is 14.4 Å². The number of fused-ring (bicyclic) bond motifs is 3. The maximum absolute atomic E-state index is 10.1. The zero-order valence-corrected chi connectivity index (χ0v) is 12.6. The third kappa shape index (κ3) is 2.06. The number of nitrogens with zero attached hydrogens (tertiary/aromatic N) is 3. The van der Waals surface area contributed by atoms with E-state index in [1.165, 1.54) is 0 Å². The Morgan fingerprint density at radius 2 is 2.38 bits per heavy atom. The quantitative estimate of drug-likeness (QED) is 0.790. The highest BCUT2D eigenvalue weighted by atomic mass is 32.1. The van der Waals surface area contributed by atoms with Crippen LogP contribution < -0.4 is 0 Å². The van der Waals surface area contributed by atoms with Crippen LogP contribution in [0.3, 0.4) is 0 Å². The first kappa shape index (κ1) is 13.2. The molecule has 21 heavy (non-hydrogen) atoms. The molecule has 1 unspecified atom stereocenters. The Morgan fingerprint density at radius 3 is 3.14 bits per heavy atom. The average Bonchev–Trinajstić information content (AvgIpc) is 3.11. The number of aliphatic hydroxyl groups excluding tert-OH is 1. The zero-order chi connectivity index (χ0) is 14.4. The van der Waals surface area contributed by atoms with Gasteiger partial charge in [-0.1, -0.05) is 0 Å². The van der Waals surface area contributed by atoms with Crippen molar-refractivity contribution in [2.45, 2.75) is 31.9 Å². The van der Waals surface area contributed by atoms with Gasteiger partial charge in [0.25, 0.3) is 0 Å². The number of aromatic nitrogens is 3. The number of ether oxygens (including phenoxy) is 1. The number of aliphatic hydroxyl groups is 1. The van der Waals surface area contributed by atoms with E-state index >= 15 is 0 Å². The van der Waals surface area contributed by atoms with Crippen LogP contribution in [0, 0.1) is 0 Å². The van der Waals surface area contributed by atoms with Gasteiger partial charge in [-0.2, -0.15) is 0 Å². The molecule has 0 aromatic carbocycles. The second kappa shape index (κ2) is 5.05. The third-order valence-electron chi connectivity index (χ3n) is 4.03. The number of thiophene rings is 1. The molecule has 0 saturated carbocycles. The number of pyridine rings is 1. The Labute approximate surface area is 126 Å². The highest BCUT2D eigenvalue weighted by molar-refractivity contribution is 7.18. The van der Waals surface area contributed by atoms with Crippen molar-refractivity contribution in [1.82, 2.24) is 14.5 Å². The van der Waals surface area contributed by atoms with E-state index < -0.39 is 6.10 Å². The summed E-state index contributed by atoms with van der Waals surface area (Å²) in [6.07, 6.45) is 3.30. The minimum absolute atomic E-state index is 0.237. The van der Waals surface area contributed by atoms with E-state index in [1.807, 2.05) is 11.4 Å². The highest BCUT2D eigenvalue weighted by Gasteiger charge is 2.25. The van der Waals surface area contributed by atoms with Crippen LogP contribution in [0.2, 0.25) is 0 Å². The van der Waals surface area contributed by atoms with Crippen molar-refractivity contribution in [1.29, 1.82) is 0 Å². The van der Waals surface area contributed by atoms with Crippen molar-refractivity contribution >= 4 is 32.6 Å². The molecular weight excluding hydrogens is 286 g/mol. The molecule has 1 aliphatic heterocycles. The monoisotopic (exact) mass is 303 g/mol. The van der Waals surface area contributed by atoms with Gasteiger partial charge in [0.2, 0.25) is 0 Å². The first-order valence-electron chi connectivity index (χ1n) is 7.25. The molecule has 1 fully saturated rings. The standard InChI is InChI=1S/C15H17N3O2S/c1-9(19)15-17-12-7-16-11-4-6-21-14(11)13(12)18(15)10-3-2-5-20-8-10/h4,6-7,9-10,19H,2-3,5,8H2,1H3/t9?,10-/m0/s1. The highest BCUT2D eigenvalue weighted by Crippen LogP contribution is 2.34. The molecule has 4 heterocycles. The molecule has 0 radical (unpaired) electrons. The van der Waals surface area contributed by atoms with Crippen LogP contribution in [0.25, 0.3) is 21.3 Å². The minimum atomic E-state index is -0.602. The molecule has 1 N–H and O–H groups in total. The average molecular weight is 303 g/mol. The molecule has 1 aliphatic rings. The molecule has 0 amide bonds. The Hall–Kier alpha value is -1.50. The van der Waals surface area contributed by atoms with Crippen molar-refractivity contribution < 1.29 is 9.84 Å². The lowest BCUT2D eigenvalue weighted by atomic mass is 10.1. The summed E-state index contributed by atoms with van der Waals surface area (Å²) in [6.45, 7) is 3.27. The first-order valence-corrected chi connectivity index (χ1v) is 8.13. The van der Waals surface area contributed by atoms with Crippen LogP contribution >= 0.6 is 11.3 Å².